The number of carbonyl (C=O) groups excluding carboxylic acids is 3. The van der Waals surface area contributed by atoms with Gasteiger partial charge in [-0.25, -0.2) is 9.59 Å². The van der Waals surface area contributed by atoms with Crippen LogP contribution in [0.15, 0.2) is 0 Å². The second-order valence-corrected chi connectivity index (χ2v) is 8.26. The number of hydrogen-bond donors (Lipinski definition) is 1. The molecule has 0 aromatic rings. The fourth-order valence-corrected chi connectivity index (χ4v) is 2.46. The summed E-state index contributed by atoms with van der Waals surface area (Å²) < 4.78 is 10.6. The minimum atomic E-state index is -1.16. The second-order valence-electron chi connectivity index (χ2n) is 8.26. The van der Waals surface area contributed by atoms with E-state index in [0.29, 0.717) is 25.7 Å². The van der Waals surface area contributed by atoms with E-state index in [0.717, 1.165) is 6.42 Å². The Labute approximate surface area is 144 Å². The number of hydrogen-bond acceptors (Lipinski definition) is 5. The molecular formula is C17H30N2O5. The summed E-state index contributed by atoms with van der Waals surface area (Å²) in [6, 6.07) is 0. The molecule has 0 aromatic carbocycles. The van der Waals surface area contributed by atoms with E-state index in [-0.39, 0.29) is 6.54 Å². The molecule has 7 nitrogen and oxygen atoms in total. The Kier molecular flexibility index (Phi) is 6.25. The van der Waals surface area contributed by atoms with Gasteiger partial charge in [0.15, 0.2) is 0 Å². The van der Waals surface area contributed by atoms with Crippen LogP contribution in [0.2, 0.25) is 0 Å². The maximum Gasteiger partial charge on any atom is 0.410 e. The van der Waals surface area contributed by atoms with Crippen molar-refractivity contribution in [2.75, 3.05) is 13.1 Å². The number of ether oxygens (including phenoxy) is 2. The van der Waals surface area contributed by atoms with Crippen LogP contribution in [0.5, 0.6) is 0 Å². The van der Waals surface area contributed by atoms with E-state index in [2.05, 4.69) is 5.32 Å². The Morgan fingerprint density at radius 3 is 2.12 bits per heavy atom. The van der Waals surface area contributed by atoms with Crippen molar-refractivity contribution < 1.29 is 23.9 Å². The summed E-state index contributed by atoms with van der Waals surface area (Å²) in [7, 11) is 0. The summed E-state index contributed by atoms with van der Waals surface area (Å²) in [5.74, 6) is 0. The zero-order valence-electron chi connectivity index (χ0n) is 15.6. The van der Waals surface area contributed by atoms with Crippen molar-refractivity contribution in [3.63, 3.8) is 0 Å². The monoisotopic (exact) mass is 342 g/mol. The third-order valence-electron chi connectivity index (χ3n) is 3.40. The predicted octanol–water partition coefficient (Wildman–Crippen LogP) is 2.87. The molecule has 1 aliphatic heterocycles. The molecule has 0 radical (unpaired) electrons. The fourth-order valence-electron chi connectivity index (χ4n) is 2.46. The maximum atomic E-state index is 12.3. The number of carbonyl (C=O) groups is 3. The van der Waals surface area contributed by atoms with Crippen LogP contribution in [-0.2, 0) is 14.3 Å². The van der Waals surface area contributed by atoms with Crippen LogP contribution in [-0.4, -0.2) is 53.2 Å². The van der Waals surface area contributed by atoms with Gasteiger partial charge in [-0.1, -0.05) is 0 Å². The number of likely N-dealkylation sites (tertiary alicyclic amines) is 1. The van der Waals surface area contributed by atoms with E-state index < -0.39 is 28.9 Å². The van der Waals surface area contributed by atoms with Crippen molar-refractivity contribution in [2.45, 2.75) is 77.5 Å². The van der Waals surface area contributed by atoms with E-state index in [1.54, 1.807) is 41.5 Å². The van der Waals surface area contributed by atoms with E-state index in [4.69, 9.17) is 9.47 Å². The highest BCUT2D eigenvalue weighted by Gasteiger charge is 2.39. The molecule has 0 spiro atoms. The van der Waals surface area contributed by atoms with Crippen LogP contribution in [0.4, 0.5) is 9.59 Å². The molecular weight excluding hydrogens is 312 g/mol. The number of aldehydes is 1. The first-order valence-corrected chi connectivity index (χ1v) is 8.31. The van der Waals surface area contributed by atoms with Gasteiger partial charge in [0.05, 0.1) is 6.54 Å². The maximum absolute atomic E-state index is 12.3. The third-order valence-corrected chi connectivity index (χ3v) is 3.40. The molecule has 1 fully saturated rings. The number of nitrogens with zero attached hydrogens (tertiary/aromatic N) is 1. The highest BCUT2D eigenvalue weighted by atomic mass is 16.6. The van der Waals surface area contributed by atoms with Gasteiger partial charge in [0.25, 0.3) is 0 Å². The van der Waals surface area contributed by atoms with Gasteiger partial charge in [0.1, 0.15) is 23.0 Å². The van der Waals surface area contributed by atoms with Crippen LogP contribution in [0.1, 0.15) is 60.8 Å². The van der Waals surface area contributed by atoms with Gasteiger partial charge in [-0.05, 0) is 60.8 Å². The Morgan fingerprint density at radius 1 is 1.04 bits per heavy atom. The van der Waals surface area contributed by atoms with Gasteiger partial charge in [0, 0.05) is 6.54 Å². The predicted molar refractivity (Wildman–Crippen MR) is 89.8 cm³/mol. The molecule has 24 heavy (non-hydrogen) atoms. The lowest BCUT2D eigenvalue weighted by atomic mass is 9.95. The van der Waals surface area contributed by atoms with Crippen LogP contribution in [0, 0.1) is 0 Å². The Hall–Kier alpha value is -1.79. The van der Waals surface area contributed by atoms with Gasteiger partial charge < -0.3 is 24.5 Å². The minimum Gasteiger partial charge on any atom is -0.444 e. The summed E-state index contributed by atoms with van der Waals surface area (Å²) in [6.45, 7) is 11.2. The lowest BCUT2D eigenvalue weighted by molar-refractivity contribution is -0.114. The van der Waals surface area contributed by atoms with E-state index in [9.17, 15) is 14.4 Å². The standard InChI is InChI=1S/C17H30N2O5/c1-15(2,3)23-13(21)18-17(12-20)9-7-8-10-19(11-17)14(22)24-16(4,5)6/h12H,7-11H2,1-6H3,(H,18,21)/t17-/m0/s1. The smallest absolute Gasteiger partial charge is 0.410 e. The van der Waals surface area contributed by atoms with Gasteiger partial charge in [-0.2, -0.15) is 0 Å². The lowest BCUT2D eigenvalue weighted by Crippen LogP contribution is -2.58. The zero-order chi connectivity index (χ0) is 18.6. The molecule has 0 bridgehead atoms. The largest absolute Gasteiger partial charge is 0.444 e. The van der Waals surface area contributed by atoms with Gasteiger partial charge in [-0.15, -0.1) is 0 Å². The normalized spacial score (nSPS) is 22.3. The molecule has 0 unspecified atom stereocenters. The first kappa shape index (κ1) is 20.3. The SMILES string of the molecule is CC(C)(C)OC(=O)N[C@@]1(C=O)CCCCN(C(=O)OC(C)(C)C)C1. The van der Waals surface area contributed by atoms with Crippen LogP contribution in [0.25, 0.3) is 0 Å². The summed E-state index contributed by atoms with van der Waals surface area (Å²) in [4.78, 5) is 37.6. The number of rotatable bonds is 2. The highest BCUT2D eigenvalue weighted by molar-refractivity contribution is 5.78. The molecule has 1 rings (SSSR count). The Balaban J connectivity index is 2.86. The summed E-state index contributed by atoms with van der Waals surface area (Å²) in [5.41, 5.74) is -2.44. The fraction of sp³-hybridized carbons (Fsp3) is 0.824. The van der Waals surface area contributed by atoms with Crippen molar-refractivity contribution in [1.82, 2.24) is 10.2 Å². The summed E-state index contributed by atoms with van der Waals surface area (Å²) in [5, 5.41) is 2.65. The molecule has 1 saturated heterocycles. The average molecular weight is 342 g/mol. The van der Waals surface area contributed by atoms with Crippen LogP contribution < -0.4 is 5.32 Å². The Bertz CT molecular complexity index is 478. The lowest BCUT2D eigenvalue weighted by Gasteiger charge is -2.34. The van der Waals surface area contributed by atoms with Crippen molar-refractivity contribution in [1.29, 1.82) is 0 Å². The molecule has 1 N–H and O–H groups in total. The highest BCUT2D eigenvalue weighted by Crippen LogP contribution is 2.22. The van der Waals surface area contributed by atoms with Crippen molar-refractivity contribution in [2.24, 2.45) is 0 Å². The van der Waals surface area contributed by atoms with Crippen molar-refractivity contribution in [3.8, 4) is 0 Å². The van der Waals surface area contributed by atoms with Crippen LogP contribution >= 0.6 is 0 Å². The molecule has 0 aromatic heterocycles. The molecule has 0 saturated carbocycles. The van der Waals surface area contributed by atoms with Crippen LogP contribution in [0.3, 0.4) is 0 Å². The van der Waals surface area contributed by atoms with Crippen molar-refractivity contribution in [3.05, 3.63) is 0 Å². The summed E-state index contributed by atoms with van der Waals surface area (Å²) in [6.07, 6.45) is 1.45. The molecule has 0 aliphatic carbocycles. The first-order valence-electron chi connectivity index (χ1n) is 8.31. The topological polar surface area (TPSA) is 84.9 Å². The van der Waals surface area contributed by atoms with E-state index in [1.165, 1.54) is 4.90 Å². The van der Waals surface area contributed by atoms with E-state index >= 15 is 0 Å². The molecule has 1 heterocycles. The van der Waals surface area contributed by atoms with Gasteiger partial charge in [-0.3, -0.25) is 0 Å². The zero-order valence-corrected chi connectivity index (χ0v) is 15.6. The van der Waals surface area contributed by atoms with Crippen molar-refractivity contribution >= 4 is 18.5 Å². The quantitative estimate of drug-likeness (QED) is 0.780. The number of nitrogens with one attached hydrogen (secondary N) is 1. The van der Waals surface area contributed by atoms with Gasteiger partial charge in [0.2, 0.25) is 0 Å². The number of alkyl carbamates (subject to hydrolysis) is 1. The minimum absolute atomic E-state index is 0.0741. The molecule has 1 atom stereocenters. The molecule has 2 amide bonds. The molecule has 7 heteroatoms. The average Bonchev–Trinajstić information content (AvgIpc) is 2.57. The van der Waals surface area contributed by atoms with Gasteiger partial charge >= 0.3 is 12.2 Å². The second kappa shape index (κ2) is 7.40. The molecule has 1 aliphatic rings. The van der Waals surface area contributed by atoms with E-state index in [1.807, 2.05) is 0 Å². The first-order chi connectivity index (χ1) is 10.9. The Morgan fingerprint density at radius 2 is 1.62 bits per heavy atom. The molecule has 138 valence electrons. The third kappa shape index (κ3) is 6.76. The summed E-state index contributed by atoms with van der Waals surface area (Å²) >= 11 is 0. The number of amides is 2.